The molecule has 0 fully saturated rings. The topological polar surface area (TPSA) is 29.1 Å². The van der Waals surface area contributed by atoms with Crippen LogP contribution in [0.1, 0.15) is 19.4 Å². The molecule has 0 aliphatic carbocycles. The number of hydrogen-bond acceptors (Lipinski definition) is 2. The van der Waals surface area contributed by atoms with Gasteiger partial charge in [-0.05, 0) is 44.5 Å². The molecule has 0 aliphatic heterocycles. The number of allylic oxidation sites excluding steroid dienone is 2. The number of ketones is 1. The Labute approximate surface area is 84.6 Å². The van der Waals surface area contributed by atoms with Crippen molar-refractivity contribution in [3.8, 4) is 0 Å². The van der Waals surface area contributed by atoms with E-state index in [4.69, 9.17) is 0 Å². The van der Waals surface area contributed by atoms with Crippen LogP contribution in [0.2, 0.25) is 0 Å². The molecule has 0 saturated heterocycles. The largest absolute Gasteiger partial charge is 0.359 e. The Bertz CT molecular complexity index is 366. The van der Waals surface area contributed by atoms with E-state index in [1.807, 2.05) is 38.1 Å². The van der Waals surface area contributed by atoms with Gasteiger partial charge in [0.2, 0.25) is 0 Å². The zero-order valence-corrected chi connectivity index (χ0v) is 8.79. The highest BCUT2D eigenvalue weighted by molar-refractivity contribution is 5.88. The maximum absolute atomic E-state index is 10.8. The standard InChI is InChI=1S/C12H15NO/c1-9-5-4-6-12(7-9)13-10(2)8-11(3)14/h4-8,13H,1-3H3/b10-8-. The summed E-state index contributed by atoms with van der Waals surface area (Å²) in [5, 5.41) is 3.15. The SMILES string of the molecule is CC(=O)/C=C(/C)Nc1cccc(C)c1. The molecule has 0 unspecified atom stereocenters. The van der Waals surface area contributed by atoms with Crippen molar-refractivity contribution in [2.24, 2.45) is 0 Å². The summed E-state index contributed by atoms with van der Waals surface area (Å²) in [5.41, 5.74) is 3.08. The fourth-order valence-electron chi connectivity index (χ4n) is 1.29. The Morgan fingerprint density at radius 1 is 1.36 bits per heavy atom. The third kappa shape index (κ3) is 3.44. The molecule has 0 bridgehead atoms. The summed E-state index contributed by atoms with van der Waals surface area (Å²) in [4.78, 5) is 10.8. The molecule has 0 radical (unpaired) electrons. The molecule has 74 valence electrons. The number of benzene rings is 1. The Balaban J connectivity index is 2.74. The zero-order valence-electron chi connectivity index (χ0n) is 8.79. The third-order valence-corrected chi connectivity index (χ3v) is 1.78. The van der Waals surface area contributed by atoms with Crippen LogP contribution in [0.25, 0.3) is 0 Å². The lowest BCUT2D eigenvalue weighted by Crippen LogP contribution is -1.98. The number of anilines is 1. The Morgan fingerprint density at radius 3 is 2.64 bits per heavy atom. The fourth-order valence-corrected chi connectivity index (χ4v) is 1.29. The molecule has 1 aromatic carbocycles. The van der Waals surface area contributed by atoms with Gasteiger partial charge in [0.25, 0.3) is 0 Å². The van der Waals surface area contributed by atoms with Crippen molar-refractivity contribution in [3.63, 3.8) is 0 Å². The van der Waals surface area contributed by atoms with Crippen LogP contribution in [0.5, 0.6) is 0 Å². The molecule has 0 atom stereocenters. The number of hydrogen-bond donors (Lipinski definition) is 1. The van der Waals surface area contributed by atoms with E-state index in [0.29, 0.717) is 0 Å². The monoisotopic (exact) mass is 189 g/mol. The van der Waals surface area contributed by atoms with E-state index in [0.717, 1.165) is 11.4 Å². The van der Waals surface area contributed by atoms with Crippen LogP contribution in [0.3, 0.4) is 0 Å². The summed E-state index contributed by atoms with van der Waals surface area (Å²) in [6, 6.07) is 8.04. The van der Waals surface area contributed by atoms with E-state index >= 15 is 0 Å². The quantitative estimate of drug-likeness (QED) is 0.741. The second kappa shape index (κ2) is 4.61. The summed E-state index contributed by atoms with van der Waals surface area (Å²) in [6.45, 7) is 5.46. The van der Waals surface area contributed by atoms with Crippen molar-refractivity contribution >= 4 is 11.5 Å². The highest BCUT2D eigenvalue weighted by atomic mass is 16.1. The first kappa shape index (κ1) is 10.5. The minimum atomic E-state index is 0.0580. The normalized spacial score (nSPS) is 11.2. The van der Waals surface area contributed by atoms with Gasteiger partial charge in [-0.15, -0.1) is 0 Å². The lowest BCUT2D eigenvalue weighted by molar-refractivity contribution is -0.112. The average molecular weight is 189 g/mol. The van der Waals surface area contributed by atoms with Crippen LogP contribution in [-0.4, -0.2) is 5.78 Å². The number of rotatable bonds is 3. The molecular formula is C12H15NO. The van der Waals surface area contributed by atoms with E-state index in [-0.39, 0.29) is 5.78 Å². The summed E-state index contributed by atoms with van der Waals surface area (Å²) < 4.78 is 0. The predicted octanol–water partition coefficient (Wildman–Crippen LogP) is 2.90. The maximum atomic E-state index is 10.8. The second-order valence-electron chi connectivity index (χ2n) is 3.43. The van der Waals surface area contributed by atoms with Gasteiger partial charge in [0, 0.05) is 11.4 Å². The van der Waals surface area contributed by atoms with Gasteiger partial charge in [0.1, 0.15) is 0 Å². The van der Waals surface area contributed by atoms with E-state index in [1.165, 1.54) is 5.56 Å². The minimum Gasteiger partial charge on any atom is -0.359 e. The fraction of sp³-hybridized carbons (Fsp3) is 0.250. The highest BCUT2D eigenvalue weighted by Gasteiger charge is 1.94. The second-order valence-corrected chi connectivity index (χ2v) is 3.43. The molecule has 2 heteroatoms. The molecule has 0 aliphatic rings. The summed E-state index contributed by atoms with van der Waals surface area (Å²) in [6.07, 6.45) is 1.59. The maximum Gasteiger partial charge on any atom is 0.154 e. The molecule has 1 aromatic rings. The van der Waals surface area contributed by atoms with Gasteiger partial charge >= 0.3 is 0 Å². The first-order chi connectivity index (χ1) is 6.58. The molecule has 1 N–H and O–H groups in total. The number of nitrogens with one attached hydrogen (secondary N) is 1. The van der Waals surface area contributed by atoms with Gasteiger partial charge in [0.15, 0.2) is 5.78 Å². The van der Waals surface area contributed by atoms with Crippen molar-refractivity contribution in [1.82, 2.24) is 0 Å². The molecule has 14 heavy (non-hydrogen) atoms. The van der Waals surface area contributed by atoms with Crippen LogP contribution in [-0.2, 0) is 4.79 Å². The van der Waals surface area contributed by atoms with Crippen molar-refractivity contribution in [2.45, 2.75) is 20.8 Å². The van der Waals surface area contributed by atoms with E-state index in [1.54, 1.807) is 13.0 Å². The summed E-state index contributed by atoms with van der Waals surface area (Å²) in [5.74, 6) is 0.0580. The first-order valence-corrected chi connectivity index (χ1v) is 4.60. The van der Waals surface area contributed by atoms with E-state index < -0.39 is 0 Å². The molecule has 1 rings (SSSR count). The molecule has 0 saturated carbocycles. The van der Waals surface area contributed by atoms with Crippen LogP contribution in [0.15, 0.2) is 36.0 Å². The van der Waals surface area contributed by atoms with Crippen molar-refractivity contribution in [3.05, 3.63) is 41.6 Å². The smallest absolute Gasteiger partial charge is 0.154 e. The first-order valence-electron chi connectivity index (χ1n) is 4.60. The Morgan fingerprint density at radius 2 is 2.07 bits per heavy atom. The van der Waals surface area contributed by atoms with Gasteiger partial charge in [-0.1, -0.05) is 12.1 Å². The molecule has 2 nitrogen and oxygen atoms in total. The minimum absolute atomic E-state index is 0.0580. The Hall–Kier alpha value is -1.57. The van der Waals surface area contributed by atoms with Gasteiger partial charge in [-0.3, -0.25) is 4.79 Å². The van der Waals surface area contributed by atoms with Gasteiger partial charge in [-0.2, -0.15) is 0 Å². The molecule has 0 spiro atoms. The van der Waals surface area contributed by atoms with Crippen LogP contribution in [0, 0.1) is 6.92 Å². The van der Waals surface area contributed by atoms with Crippen molar-refractivity contribution < 1.29 is 4.79 Å². The number of aryl methyl sites for hydroxylation is 1. The zero-order chi connectivity index (χ0) is 10.6. The number of carbonyl (C=O) groups is 1. The molecule has 0 heterocycles. The van der Waals surface area contributed by atoms with Crippen molar-refractivity contribution in [1.29, 1.82) is 0 Å². The third-order valence-electron chi connectivity index (χ3n) is 1.78. The average Bonchev–Trinajstić information content (AvgIpc) is 2.01. The number of carbonyl (C=O) groups excluding carboxylic acids is 1. The lowest BCUT2D eigenvalue weighted by atomic mass is 10.2. The van der Waals surface area contributed by atoms with Crippen LogP contribution < -0.4 is 5.32 Å². The predicted molar refractivity (Wildman–Crippen MR) is 59.2 cm³/mol. The molecular weight excluding hydrogens is 174 g/mol. The van der Waals surface area contributed by atoms with Crippen LogP contribution in [0.4, 0.5) is 5.69 Å². The van der Waals surface area contributed by atoms with Gasteiger partial charge in [0.05, 0.1) is 0 Å². The summed E-state index contributed by atoms with van der Waals surface area (Å²) >= 11 is 0. The van der Waals surface area contributed by atoms with Crippen molar-refractivity contribution in [2.75, 3.05) is 5.32 Å². The van der Waals surface area contributed by atoms with Gasteiger partial charge in [-0.25, -0.2) is 0 Å². The van der Waals surface area contributed by atoms with Gasteiger partial charge < -0.3 is 5.32 Å². The molecule has 0 amide bonds. The Kier molecular flexibility index (Phi) is 3.46. The lowest BCUT2D eigenvalue weighted by Gasteiger charge is -2.06. The summed E-state index contributed by atoms with van der Waals surface area (Å²) in [7, 11) is 0. The van der Waals surface area contributed by atoms with E-state index in [9.17, 15) is 4.79 Å². The molecule has 0 aromatic heterocycles. The van der Waals surface area contributed by atoms with Crippen LogP contribution >= 0.6 is 0 Å². The highest BCUT2D eigenvalue weighted by Crippen LogP contribution is 2.11. The van der Waals surface area contributed by atoms with E-state index in [2.05, 4.69) is 5.32 Å².